The molecule has 13 heteroatoms. The van der Waals surface area contributed by atoms with Crippen LogP contribution in [0.15, 0.2) is 52.1 Å². The van der Waals surface area contributed by atoms with Crippen LogP contribution in [0.3, 0.4) is 0 Å². The Bertz CT molecular complexity index is 2420. The van der Waals surface area contributed by atoms with Crippen molar-refractivity contribution in [3.8, 4) is 28.3 Å². The van der Waals surface area contributed by atoms with Crippen molar-refractivity contribution in [3.63, 3.8) is 0 Å². The van der Waals surface area contributed by atoms with E-state index >= 15 is 0 Å². The number of methoxy groups -OCH3 is 1. The van der Waals surface area contributed by atoms with Crippen LogP contribution in [-0.2, 0) is 25.3 Å². The molecular formula is C39H41ClN8O4. The third kappa shape index (κ3) is 5.56. The predicted octanol–water partition coefficient (Wildman–Crippen LogP) is 5.51. The fourth-order valence-electron chi connectivity index (χ4n) is 8.51. The monoisotopic (exact) mass is 720 g/mol. The zero-order valence-electron chi connectivity index (χ0n) is 30.0. The van der Waals surface area contributed by atoms with Gasteiger partial charge in [-0.25, -0.2) is 19.7 Å². The number of benzene rings is 2. The molecule has 12 nitrogen and oxygen atoms in total. The van der Waals surface area contributed by atoms with Crippen LogP contribution in [0.1, 0.15) is 60.7 Å². The highest BCUT2D eigenvalue weighted by atomic mass is 35.5. The number of fused-ring (bicyclic) bond motifs is 2. The van der Waals surface area contributed by atoms with E-state index in [2.05, 4.69) is 31.6 Å². The lowest BCUT2D eigenvalue weighted by molar-refractivity contribution is -0.125. The van der Waals surface area contributed by atoms with Crippen LogP contribution in [0, 0.1) is 13.8 Å². The molecule has 3 aliphatic rings. The number of ether oxygens (including phenoxy) is 1. The number of pyridine rings is 1. The summed E-state index contributed by atoms with van der Waals surface area (Å²) >= 11 is 7.26. The number of halogens is 1. The number of anilines is 2. The SMILES string of the molecule is COc1nc(-c2cccc(-c3cccc(Nc4nc(C)nc5c4c(=O)n(C)c(=O)n5C)c3C)c2Cl)cc2c1[C@@H](N1CC[C@]3(CCCC(=O)N3)C1)CC2. The number of aryl methyl sites for hydroxylation is 3. The fourth-order valence-corrected chi connectivity index (χ4v) is 8.84. The number of nitrogens with zero attached hydrogens (tertiary/aromatic N) is 6. The van der Waals surface area contributed by atoms with E-state index in [4.69, 9.17) is 21.3 Å². The van der Waals surface area contributed by atoms with E-state index < -0.39 is 11.2 Å². The van der Waals surface area contributed by atoms with Gasteiger partial charge in [0.1, 0.15) is 17.0 Å². The second-order valence-electron chi connectivity index (χ2n) is 14.3. The maximum absolute atomic E-state index is 13.3. The molecule has 2 saturated heterocycles. The molecule has 52 heavy (non-hydrogen) atoms. The molecule has 3 aromatic heterocycles. The normalized spacial score (nSPS) is 20.0. The van der Waals surface area contributed by atoms with Crippen molar-refractivity contribution in [1.82, 2.24) is 34.3 Å². The molecule has 2 aromatic carbocycles. The minimum Gasteiger partial charge on any atom is -0.481 e. The van der Waals surface area contributed by atoms with Crippen molar-refractivity contribution in [2.45, 2.75) is 64.0 Å². The number of hydrogen-bond donors (Lipinski definition) is 2. The molecule has 1 aliphatic carbocycles. The maximum Gasteiger partial charge on any atom is 0.332 e. The van der Waals surface area contributed by atoms with Gasteiger partial charge in [0.15, 0.2) is 5.65 Å². The lowest BCUT2D eigenvalue weighted by Crippen LogP contribution is -2.53. The Labute approximate surface area is 305 Å². The lowest BCUT2D eigenvalue weighted by atomic mass is 9.88. The van der Waals surface area contributed by atoms with Crippen molar-refractivity contribution >= 4 is 40.0 Å². The van der Waals surface area contributed by atoms with E-state index in [0.717, 1.165) is 89.0 Å². The van der Waals surface area contributed by atoms with Gasteiger partial charge in [-0.2, -0.15) is 0 Å². The number of carbonyl (C=O) groups is 1. The Balaban J connectivity index is 1.13. The third-order valence-electron chi connectivity index (χ3n) is 11.2. The first-order valence-corrected chi connectivity index (χ1v) is 18.1. The summed E-state index contributed by atoms with van der Waals surface area (Å²) in [7, 11) is 4.71. The molecule has 2 atom stereocenters. The molecule has 0 bridgehead atoms. The number of nitrogens with one attached hydrogen (secondary N) is 2. The third-order valence-corrected chi connectivity index (χ3v) is 11.6. The number of hydrogen-bond acceptors (Lipinski definition) is 9. The van der Waals surface area contributed by atoms with Gasteiger partial charge in [0.2, 0.25) is 11.8 Å². The minimum absolute atomic E-state index is 0.129. The molecule has 5 heterocycles. The number of carbonyl (C=O) groups excluding carboxylic acids is 1. The number of aromatic nitrogens is 5. The van der Waals surface area contributed by atoms with Crippen LogP contribution in [0.25, 0.3) is 33.4 Å². The van der Waals surface area contributed by atoms with E-state index in [-0.39, 0.29) is 28.5 Å². The summed E-state index contributed by atoms with van der Waals surface area (Å²) in [6.45, 7) is 5.49. The molecule has 5 aromatic rings. The van der Waals surface area contributed by atoms with Gasteiger partial charge in [0.25, 0.3) is 5.56 Å². The maximum atomic E-state index is 13.3. The zero-order chi connectivity index (χ0) is 36.5. The van der Waals surface area contributed by atoms with Crippen molar-refractivity contribution in [1.29, 1.82) is 0 Å². The van der Waals surface area contributed by atoms with Gasteiger partial charge in [-0.15, -0.1) is 0 Å². The summed E-state index contributed by atoms with van der Waals surface area (Å²) in [5, 5.41) is 7.46. The van der Waals surface area contributed by atoms with Crippen LogP contribution in [-0.4, -0.2) is 60.6 Å². The van der Waals surface area contributed by atoms with Gasteiger partial charge < -0.3 is 15.4 Å². The van der Waals surface area contributed by atoms with Gasteiger partial charge in [0, 0.05) is 62.0 Å². The fraction of sp³-hybridized carbons (Fsp3) is 0.385. The molecule has 0 radical (unpaired) electrons. The minimum atomic E-state index is -0.476. The van der Waals surface area contributed by atoms with E-state index in [1.165, 1.54) is 17.2 Å². The highest BCUT2D eigenvalue weighted by Gasteiger charge is 2.45. The number of rotatable bonds is 6. The highest BCUT2D eigenvalue weighted by molar-refractivity contribution is 6.36. The van der Waals surface area contributed by atoms with Crippen LogP contribution < -0.4 is 26.6 Å². The Morgan fingerprint density at radius 3 is 2.52 bits per heavy atom. The van der Waals surface area contributed by atoms with Gasteiger partial charge >= 0.3 is 5.69 Å². The molecule has 8 rings (SSSR count). The topological polar surface area (TPSA) is 136 Å². The van der Waals surface area contributed by atoms with E-state index in [9.17, 15) is 14.4 Å². The second kappa shape index (κ2) is 12.9. The average Bonchev–Trinajstić information content (AvgIpc) is 3.74. The molecule has 1 spiro atoms. The van der Waals surface area contributed by atoms with Crippen molar-refractivity contribution < 1.29 is 9.53 Å². The summed E-state index contributed by atoms with van der Waals surface area (Å²) in [4.78, 5) is 54.7. The van der Waals surface area contributed by atoms with E-state index in [0.29, 0.717) is 29.0 Å². The molecule has 2 fully saturated rings. The smallest absolute Gasteiger partial charge is 0.332 e. The first kappa shape index (κ1) is 34.0. The molecule has 1 amide bonds. The highest BCUT2D eigenvalue weighted by Crippen LogP contribution is 2.47. The summed E-state index contributed by atoms with van der Waals surface area (Å²) in [6.07, 6.45) is 5.42. The molecule has 268 valence electrons. The predicted molar refractivity (Wildman–Crippen MR) is 201 cm³/mol. The van der Waals surface area contributed by atoms with E-state index in [1.807, 2.05) is 43.3 Å². The Kier molecular flexibility index (Phi) is 8.41. The number of likely N-dealkylation sites (tertiary alicyclic amines) is 1. The average molecular weight is 721 g/mol. The summed E-state index contributed by atoms with van der Waals surface area (Å²) in [6, 6.07) is 14.1. The summed E-state index contributed by atoms with van der Waals surface area (Å²) < 4.78 is 8.38. The summed E-state index contributed by atoms with van der Waals surface area (Å²) in [5.74, 6) is 1.52. The van der Waals surface area contributed by atoms with Crippen LogP contribution in [0.2, 0.25) is 5.02 Å². The second-order valence-corrected chi connectivity index (χ2v) is 14.7. The van der Waals surface area contributed by atoms with Crippen LogP contribution in [0.5, 0.6) is 5.88 Å². The molecule has 0 unspecified atom stereocenters. The molecule has 0 saturated carbocycles. The Morgan fingerprint density at radius 1 is 0.962 bits per heavy atom. The van der Waals surface area contributed by atoms with Gasteiger partial charge in [-0.3, -0.25) is 23.6 Å². The standard InChI is InChI=1S/C39H41ClN8O4/c1-21-24(9-7-12-27(21)43-34-32-35(42-22(2)41-34)46(3)38(51)47(4)37(32)50)25-10-6-11-26(33(25)40)28-19-23-14-15-29(31(23)36(44-28)52-5)48-18-17-39(20-48)16-8-13-30(49)45-39/h6-7,9-12,19,29H,8,13-18,20H2,1-5H3,(H,45,49)(H,41,42,43)/t29-,39+/m0/s1. The number of amides is 1. The Hall–Kier alpha value is -5.07. The van der Waals surface area contributed by atoms with Crippen molar-refractivity contribution in [2.75, 3.05) is 25.5 Å². The van der Waals surface area contributed by atoms with E-state index in [1.54, 1.807) is 21.1 Å². The van der Waals surface area contributed by atoms with Crippen LogP contribution in [0.4, 0.5) is 11.5 Å². The van der Waals surface area contributed by atoms with Crippen LogP contribution >= 0.6 is 11.6 Å². The Morgan fingerprint density at radius 2 is 1.73 bits per heavy atom. The van der Waals surface area contributed by atoms with Crippen molar-refractivity contribution in [2.24, 2.45) is 14.1 Å². The molecule has 2 aliphatic heterocycles. The quantitative estimate of drug-likeness (QED) is 0.233. The van der Waals surface area contributed by atoms with Crippen molar-refractivity contribution in [3.05, 3.63) is 90.8 Å². The lowest BCUT2D eigenvalue weighted by Gasteiger charge is -2.35. The first-order chi connectivity index (χ1) is 25.0. The van der Waals surface area contributed by atoms with Gasteiger partial charge in [-0.05, 0) is 74.8 Å². The summed E-state index contributed by atoms with van der Waals surface area (Å²) in [5.41, 5.74) is 6.45. The van der Waals surface area contributed by atoms with Gasteiger partial charge in [0.05, 0.1) is 23.4 Å². The number of piperidine rings is 1. The molecular weight excluding hydrogens is 680 g/mol. The van der Waals surface area contributed by atoms with Gasteiger partial charge in [-0.1, -0.05) is 41.9 Å². The largest absolute Gasteiger partial charge is 0.481 e. The first-order valence-electron chi connectivity index (χ1n) is 17.7. The molecule has 2 N–H and O–H groups in total. The zero-order valence-corrected chi connectivity index (χ0v) is 30.7.